The van der Waals surface area contributed by atoms with Crippen molar-refractivity contribution in [3.05, 3.63) is 56.9 Å². The number of sulfonamides is 1. The minimum atomic E-state index is -4.01. The van der Waals surface area contributed by atoms with Gasteiger partial charge in [-0.05, 0) is 55.0 Å². The maximum atomic E-state index is 13.2. The van der Waals surface area contributed by atoms with Crippen LogP contribution in [0.5, 0.6) is 0 Å². The van der Waals surface area contributed by atoms with Crippen LogP contribution >= 0.6 is 11.3 Å². The molecule has 32 heavy (non-hydrogen) atoms. The molecular formula is C23H29N3O4S2. The van der Waals surface area contributed by atoms with E-state index in [1.807, 2.05) is 25.1 Å². The number of aromatic nitrogens is 1. The molecule has 0 aliphatic heterocycles. The number of hydrogen-bond acceptors (Lipinski definition) is 7. The van der Waals surface area contributed by atoms with Gasteiger partial charge < -0.3 is 10.2 Å². The lowest BCUT2D eigenvalue weighted by Gasteiger charge is -2.27. The Labute approximate surface area is 193 Å². The van der Waals surface area contributed by atoms with E-state index in [4.69, 9.17) is 0 Å². The molecule has 0 saturated heterocycles. The van der Waals surface area contributed by atoms with E-state index in [0.29, 0.717) is 17.7 Å². The van der Waals surface area contributed by atoms with Gasteiger partial charge in [-0.2, -0.15) is 5.26 Å². The predicted octanol–water partition coefficient (Wildman–Crippen LogP) is 3.77. The van der Waals surface area contributed by atoms with Crippen molar-refractivity contribution in [1.82, 2.24) is 9.71 Å². The van der Waals surface area contributed by atoms with Gasteiger partial charge in [0.05, 0.1) is 23.9 Å². The number of thiazole rings is 1. The lowest BCUT2D eigenvalue weighted by molar-refractivity contribution is 0.0779. The van der Waals surface area contributed by atoms with Gasteiger partial charge in [0.1, 0.15) is 10.6 Å². The SMILES string of the molecule is CCC(C)c1cc(C#N)cc2c1CC(NS(=O)(=O)c1sc(C(C)(C)O)nc1CO)=CC2C. The van der Waals surface area contributed by atoms with Crippen LogP contribution in [-0.2, 0) is 28.7 Å². The Morgan fingerprint density at radius 2 is 2.09 bits per heavy atom. The summed E-state index contributed by atoms with van der Waals surface area (Å²) in [6, 6.07) is 6.02. The van der Waals surface area contributed by atoms with Gasteiger partial charge in [-0.3, -0.25) is 4.72 Å². The third kappa shape index (κ3) is 4.74. The van der Waals surface area contributed by atoms with Gasteiger partial charge in [-0.25, -0.2) is 13.4 Å². The van der Waals surface area contributed by atoms with Crippen molar-refractivity contribution in [2.45, 2.75) is 75.7 Å². The standard InChI is InChI=1S/C23H29N3O4S2/c1-6-13(2)17-8-15(11-24)9-18-14(3)7-16(10-19(17)18)26-32(29,30)21-20(12-27)25-22(31-21)23(4,5)28/h7-9,13-14,26-28H,6,10,12H2,1-5H3. The Kier molecular flexibility index (Phi) is 6.82. The van der Waals surface area contributed by atoms with Gasteiger partial charge in [-0.1, -0.05) is 26.8 Å². The second-order valence-corrected chi connectivity index (χ2v) is 11.7. The molecular weight excluding hydrogens is 446 g/mol. The number of hydrogen-bond donors (Lipinski definition) is 3. The number of allylic oxidation sites excluding steroid dienone is 2. The fraction of sp³-hybridized carbons (Fsp3) is 0.478. The highest BCUT2D eigenvalue weighted by Crippen LogP contribution is 2.37. The van der Waals surface area contributed by atoms with Crippen LogP contribution < -0.4 is 4.72 Å². The quantitative estimate of drug-likeness (QED) is 0.560. The van der Waals surface area contributed by atoms with E-state index in [0.717, 1.165) is 34.4 Å². The normalized spacial score (nSPS) is 17.3. The van der Waals surface area contributed by atoms with Crippen molar-refractivity contribution < 1.29 is 18.6 Å². The minimum absolute atomic E-state index is 0.0171. The summed E-state index contributed by atoms with van der Waals surface area (Å²) in [4.78, 5) is 4.13. The van der Waals surface area contributed by atoms with Gasteiger partial charge in [0.15, 0.2) is 4.21 Å². The molecule has 172 valence electrons. The maximum Gasteiger partial charge on any atom is 0.273 e. The van der Waals surface area contributed by atoms with Crippen LogP contribution in [0.15, 0.2) is 28.1 Å². The third-order valence-corrected chi connectivity index (χ3v) is 9.11. The minimum Gasteiger partial charge on any atom is -0.390 e. The number of rotatable bonds is 7. The Morgan fingerprint density at radius 3 is 2.66 bits per heavy atom. The highest BCUT2D eigenvalue weighted by atomic mass is 32.2. The molecule has 3 N–H and O–H groups in total. The Morgan fingerprint density at radius 1 is 1.41 bits per heavy atom. The largest absolute Gasteiger partial charge is 0.390 e. The van der Waals surface area contributed by atoms with Crippen molar-refractivity contribution in [3.8, 4) is 6.07 Å². The molecule has 1 aliphatic carbocycles. The van der Waals surface area contributed by atoms with Crippen molar-refractivity contribution in [1.29, 1.82) is 5.26 Å². The zero-order valence-electron chi connectivity index (χ0n) is 18.9. The fourth-order valence-corrected chi connectivity index (χ4v) is 6.50. The highest BCUT2D eigenvalue weighted by Gasteiger charge is 2.31. The van der Waals surface area contributed by atoms with E-state index in [2.05, 4.69) is 29.6 Å². The molecule has 2 atom stereocenters. The number of nitrogens with one attached hydrogen (secondary N) is 1. The first-order valence-electron chi connectivity index (χ1n) is 10.5. The summed E-state index contributed by atoms with van der Waals surface area (Å²) in [5.41, 5.74) is 3.01. The number of aliphatic hydroxyl groups is 2. The van der Waals surface area contributed by atoms with Crippen molar-refractivity contribution in [2.75, 3.05) is 0 Å². The van der Waals surface area contributed by atoms with Crippen LogP contribution in [0.1, 0.15) is 85.8 Å². The molecule has 1 aromatic carbocycles. The molecule has 2 aromatic rings. The second-order valence-electron chi connectivity index (χ2n) is 8.79. The molecule has 0 amide bonds. The molecule has 0 bridgehead atoms. The summed E-state index contributed by atoms with van der Waals surface area (Å²) in [6.45, 7) is 8.66. The number of aliphatic hydroxyl groups excluding tert-OH is 1. The smallest absolute Gasteiger partial charge is 0.273 e. The van der Waals surface area contributed by atoms with Crippen molar-refractivity contribution >= 4 is 21.4 Å². The predicted molar refractivity (Wildman–Crippen MR) is 124 cm³/mol. The molecule has 1 aliphatic rings. The van der Waals surface area contributed by atoms with Crippen LogP contribution in [0.4, 0.5) is 0 Å². The Hall–Kier alpha value is -2.25. The Balaban J connectivity index is 2.00. The average Bonchev–Trinajstić information content (AvgIpc) is 3.18. The third-order valence-electron chi connectivity index (χ3n) is 5.74. The van der Waals surface area contributed by atoms with Gasteiger partial charge in [-0.15, -0.1) is 11.3 Å². The van der Waals surface area contributed by atoms with E-state index in [-0.39, 0.29) is 26.7 Å². The van der Waals surface area contributed by atoms with E-state index in [1.54, 1.807) is 0 Å². The van der Waals surface area contributed by atoms with Crippen molar-refractivity contribution in [3.63, 3.8) is 0 Å². The van der Waals surface area contributed by atoms with Gasteiger partial charge in [0.2, 0.25) is 0 Å². The van der Waals surface area contributed by atoms with Crippen LogP contribution in [0.25, 0.3) is 0 Å². The van der Waals surface area contributed by atoms with E-state index < -0.39 is 22.2 Å². The number of nitrogens with zero attached hydrogens (tertiary/aromatic N) is 2. The summed E-state index contributed by atoms with van der Waals surface area (Å²) >= 11 is 0.855. The number of fused-ring (bicyclic) bond motifs is 1. The van der Waals surface area contributed by atoms with Crippen molar-refractivity contribution in [2.24, 2.45) is 0 Å². The second kappa shape index (κ2) is 8.94. The zero-order chi connectivity index (χ0) is 23.8. The van der Waals surface area contributed by atoms with E-state index >= 15 is 0 Å². The topological polar surface area (TPSA) is 123 Å². The first-order chi connectivity index (χ1) is 14.9. The average molecular weight is 476 g/mol. The summed E-state index contributed by atoms with van der Waals surface area (Å²) in [7, 11) is -4.01. The summed E-state index contributed by atoms with van der Waals surface area (Å²) in [5, 5.41) is 29.5. The zero-order valence-corrected chi connectivity index (χ0v) is 20.6. The summed E-state index contributed by atoms with van der Waals surface area (Å²) < 4.78 is 29.0. The highest BCUT2D eigenvalue weighted by molar-refractivity contribution is 7.91. The van der Waals surface area contributed by atoms with E-state index in [9.17, 15) is 23.9 Å². The van der Waals surface area contributed by atoms with Crippen LogP contribution in [0, 0.1) is 11.3 Å². The van der Waals surface area contributed by atoms with Gasteiger partial charge >= 0.3 is 0 Å². The molecule has 1 heterocycles. The Bertz CT molecular complexity index is 1200. The van der Waals surface area contributed by atoms with Gasteiger partial charge in [0.25, 0.3) is 10.0 Å². The summed E-state index contributed by atoms with van der Waals surface area (Å²) in [6.07, 6.45) is 3.16. The fourth-order valence-electron chi connectivity index (χ4n) is 3.89. The number of nitriles is 1. The molecule has 3 rings (SSSR count). The van der Waals surface area contributed by atoms with Crippen LogP contribution in [0.3, 0.4) is 0 Å². The lowest BCUT2D eigenvalue weighted by atomic mass is 9.80. The molecule has 7 nitrogen and oxygen atoms in total. The monoisotopic (exact) mass is 475 g/mol. The molecule has 0 radical (unpaired) electrons. The molecule has 0 fully saturated rings. The molecule has 2 unspecified atom stereocenters. The lowest BCUT2D eigenvalue weighted by Crippen LogP contribution is -2.27. The van der Waals surface area contributed by atoms with Gasteiger partial charge in [0, 0.05) is 18.0 Å². The first-order valence-corrected chi connectivity index (χ1v) is 12.8. The first kappa shape index (κ1) is 24.4. The number of benzene rings is 1. The maximum absolute atomic E-state index is 13.2. The molecule has 0 saturated carbocycles. The van der Waals surface area contributed by atoms with Crippen LogP contribution in [0.2, 0.25) is 0 Å². The van der Waals surface area contributed by atoms with Crippen LogP contribution in [-0.4, -0.2) is 23.6 Å². The molecule has 1 aromatic heterocycles. The summed E-state index contributed by atoms with van der Waals surface area (Å²) in [5.74, 6) is 0.162. The molecule has 9 heteroatoms. The molecule has 0 spiro atoms. The van der Waals surface area contributed by atoms with E-state index in [1.165, 1.54) is 13.8 Å².